The van der Waals surface area contributed by atoms with Gasteiger partial charge in [-0.25, -0.2) is 4.98 Å². The summed E-state index contributed by atoms with van der Waals surface area (Å²) in [7, 11) is 3.92. The van der Waals surface area contributed by atoms with E-state index in [0.29, 0.717) is 6.04 Å². The highest BCUT2D eigenvalue weighted by atomic mass is 15.1. The van der Waals surface area contributed by atoms with E-state index < -0.39 is 0 Å². The van der Waals surface area contributed by atoms with Crippen LogP contribution in [0.3, 0.4) is 0 Å². The number of rotatable bonds is 1. The Hall–Kier alpha value is -0.830. The van der Waals surface area contributed by atoms with Crippen molar-refractivity contribution in [3.05, 3.63) is 25.8 Å². The fourth-order valence-corrected chi connectivity index (χ4v) is 1.70. The van der Waals surface area contributed by atoms with Gasteiger partial charge in [0.25, 0.3) is 0 Å². The highest BCUT2D eigenvalue weighted by molar-refractivity contribution is 4.83. The van der Waals surface area contributed by atoms with Gasteiger partial charge < -0.3 is 9.47 Å². The first-order valence-corrected chi connectivity index (χ1v) is 4.39. The SMILES string of the molecule is [CH2-]N1CCC(n2ccnc2)CC1. The summed E-state index contributed by atoms with van der Waals surface area (Å²) in [6.07, 6.45) is 8.18. The number of aromatic nitrogens is 2. The maximum atomic E-state index is 4.05. The zero-order chi connectivity index (χ0) is 8.39. The van der Waals surface area contributed by atoms with Gasteiger partial charge in [0, 0.05) is 18.4 Å². The van der Waals surface area contributed by atoms with Gasteiger partial charge in [-0.3, -0.25) is 7.05 Å². The molecule has 12 heavy (non-hydrogen) atoms. The van der Waals surface area contributed by atoms with Crippen LogP contribution in [0, 0.1) is 7.05 Å². The van der Waals surface area contributed by atoms with Gasteiger partial charge in [0.2, 0.25) is 0 Å². The Labute approximate surface area is 73.0 Å². The first-order chi connectivity index (χ1) is 5.86. The summed E-state index contributed by atoms with van der Waals surface area (Å²) in [5.74, 6) is 0. The van der Waals surface area contributed by atoms with Crippen molar-refractivity contribution >= 4 is 0 Å². The minimum atomic E-state index is 0.644. The first-order valence-electron chi connectivity index (χ1n) is 4.39. The molecule has 0 atom stereocenters. The molecule has 1 aliphatic rings. The molecule has 1 saturated heterocycles. The van der Waals surface area contributed by atoms with Crippen LogP contribution in [-0.4, -0.2) is 27.5 Å². The number of nitrogens with zero attached hydrogens (tertiary/aromatic N) is 3. The third-order valence-electron chi connectivity index (χ3n) is 2.50. The molecule has 3 nitrogen and oxygen atoms in total. The minimum absolute atomic E-state index is 0.644. The second kappa shape index (κ2) is 3.27. The van der Waals surface area contributed by atoms with Crippen LogP contribution in [0.1, 0.15) is 18.9 Å². The van der Waals surface area contributed by atoms with Crippen molar-refractivity contribution in [2.24, 2.45) is 0 Å². The van der Waals surface area contributed by atoms with E-state index in [0.717, 1.165) is 13.1 Å². The summed E-state index contributed by atoms with van der Waals surface area (Å²) in [6, 6.07) is 0.644. The number of hydrogen-bond acceptors (Lipinski definition) is 2. The van der Waals surface area contributed by atoms with Crippen LogP contribution >= 0.6 is 0 Å². The predicted molar refractivity (Wildman–Crippen MR) is 47.4 cm³/mol. The van der Waals surface area contributed by atoms with E-state index in [1.54, 1.807) is 0 Å². The summed E-state index contributed by atoms with van der Waals surface area (Å²) < 4.78 is 2.20. The Morgan fingerprint density at radius 1 is 1.33 bits per heavy atom. The lowest BCUT2D eigenvalue weighted by atomic mass is 10.1. The highest BCUT2D eigenvalue weighted by Crippen LogP contribution is 2.20. The second-order valence-electron chi connectivity index (χ2n) is 3.36. The molecule has 1 aliphatic heterocycles. The molecule has 0 bridgehead atoms. The molecule has 1 aromatic heterocycles. The molecule has 0 aromatic carbocycles. The van der Waals surface area contributed by atoms with Gasteiger partial charge in [-0.15, -0.1) is 0 Å². The quantitative estimate of drug-likeness (QED) is 0.583. The number of piperidine rings is 1. The molecule has 2 heterocycles. The van der Waals surface area contributed by atoms with Gasteiger partial charge in [-0.05, 0) is 25.9 Å². The Balaban J connectivity index is 1.99. The first kappa shape index (κ1) is 7.80. The molecule has 0 saturated carbocycles. The third kappa shape index (κ3) is 1.50. The second-order valence-corrected chi connectivity index (χ2v) is 3.36. The van der Waals surface area contributed by atoms with E-state index in [1.165, 1.54) is 12.8 Å². The van der Waals surface area contributed by atoms with Gasteiger partial charge in [0.1, 0.15) is 0 Å². The van der Waals surface area contributed by atoms with Crippen molar-refractivity contribution in [1.82, 2.24) is 14.5 Å². The van der Waals surface area contributed by atoms with E-state index in [9.17, 15) is 0 Å². The molecular weight excluding hydrogens is 150 g/mol. The van der Waals surface area contributed by atoms with E-state index >= 15 is 0 Å². The number of imidazole rings is 1. The topological polar surface area (TPSA) is 21.1 Å². The molecule has 0 spiro atoms. The van der Waals surface area contributed by atoms with Crippen molar-refractivity contribution in [3.8, 4) is 0 Å². The van der Waals surface area contributed by atoms with E-state index in [-0.39, 0.29) is 0 Å². The third-order valence-corrected chi connectivity index (χ3v) is 2.50. The van der Waals surface area contributed by atoms with E-state index in [4.69, 9.17) is 0 Å². The van der Waals surface area contributed by atoms with Gasteiger partial charge in [-0.1, -0.05) is 0 Å². The number of likely N-dealkylation sites (tertiary alicyclic amines) is 1. The van der Waals surface area contributed by atoms with Gasteiger partial charge in [0.05, 0.1) is 6.33 Å². The van der Waals surface area contributed by atoms with Crippen molar-refractivity contribution in [1.29, 1.82) is 0 Å². The highest BCUT2D eigenvalue weighted by Gasteiger charge is 2.14. The molecule has 1 aromatic rings. The summed E-state index contributed by atoms with van der Waals surface area (Å²) in [5.41, 5.74) is 0. The summed E-state index contributed by atoms with van der Waals surface area (Å²) in [6.45, 7) is 2.20. The molecular formula is C9H14N3-. The predicted octanol–water partition coefficient (Wildman–Crippen LogP) is 1.31. The fourth-order valence-electron chi connectivity index (χ4n) is 1.70. The molecule has 0 aliphatic carbocycles. The molecule has 0 amide bonds. The monoisotopic (exact) mass is 164 g/mol. The molecule has 0 N–H and O–H groups in total. The number of hydrogen-bond donors (Lipinski definition) is 0. The van der Waals surface area contributed by atoms with Crippen LogP contribution in [0.4, 0.5) is 0 Å². The molecule has 1 fully saturated rings. The smallest absolute Gasteiger partial charge is 0.0948 e. The van der Waals surface area contributed by atoms with Crippen molar-refractivity contribution in [3.63, 3.8) is 0 Å². The average Bonchev–Trinajstić information content (AvgIpc) is 2.58. The van der Waals surface area contributed by atoms with Crippen LogP contribution in [0.25, 0.3) is 0 Å². The zero-order valence-electron chi connectivity index (χ0n) is 7.19. The van der Waals surface area contributed by atoms with Crippen LogP contribution in [-0.2, 0) is 0 Å². The molecule has 3 heteroatoms. The van der Waals surface area contributed by atoms with Crippen molar-refractivity contribution in [2.75, 3.05) is 13.1 Å². The van der Waals surface area contributed by atoms with Crippen LogP contribution in [0.5, 0.6) is 0 Å². The lowest BCUT2D eigenvalue weighted by Gasteiger charge is -2.34. The minimum Gasteiger partial charge on any atom is -0.459 e. The molecule has 0 unspecified atom stereocenters. The van der Waals surface area contributed by atoms with Crippen LogP contribution < -0.4 is 0 Å². The van der Waals surface area contributed by atoms with Gasteiger partial charge >= 0.3 is 0 Å². The van der Waals surface area contributed by atoms with Gasteiger partial charge in [-0.2, -0.15) is 0 Å². The Morgan fingerprint density at radius 3 is 2.67 bits per heavy atom. The normalized spacial score (nSPS) is 21.4. The average molecular weight is 164 g/mol. The van der Waals surface area contributed by atoms with Crippen LogP contribution in [0.15, 0.2) is 18.7 Å². The largest absolute Gasteiger partial charge is 0.459 e. The molecule has 2 rings (SSSR count). The summed E-state index contributed by atoms with van der Waals surface area (Å²) >= 11 is 0. The fraction of sp³-hybridized carbons (Fsp3) is 0.556. The maximum absolute atomic E-state index is 4.05. The standard InChI is InChI=1S/C9H14N3/c1-11-5-2-9(3-6-11)12-7-4-10-8-12/h4,7-9H,1-3,5-6H2/q-1. The van der Waals surface area contributed by atoms with Crippen molar-refractivity contribution in [2.45, 2.75) is 18.9 Å². The van der Waals surface area contributed by atoms with Crippen LogP contribution in [0.2, 0.25) is 0 Å². The lowest BCUT2D eigenvalue weighted by Crippen LogP contribution is -2.29. The Morgan fingerprint density at radius 2 is 2.08 bits per heavy atom. The molecule has 0 radical (unpaired) electrons. The summed E-state index contributed by atoms with van der Waals surface area (Å²) in [4.78, 5) is 6.18. The van der Waals surface area contributed by atoms with Gasteiger partial charge in [0.15, 0.2) is 0 Å². The lowest BCUT2D eigenvalue weighted by molar-refractivity contribution is 0.241. The van der Waals surface area contributed by atoms with E-state index in [1.807, 2.05) is 18.7 Å². The summed E-state index contributed by atoms with van der Waals surface area (Å²) in [5, 5.41) is 0. The Bertz CT molecular complexity index is 222. The zero-order valence-corrected chi connectivity index (χ0v) is 7.19. The van der Waals surface area contributed by atoms with Crippen molar-refractivity contribution < 1.29 is 0 Å². The molecule has 66 valence electrons. The maximum Gasteiger partial charge on any atom is 0.0948 e. The Kier molecular flexibility index (Phi) is 2.13. The van der Waals surface area contributed by atoms with E-state index in [2.05, 4.69) is 21.5 Å².